The minimum Gasteiger partial charge on any atom is -0.436 e. The lowest BCUT2D eigenvalue weighted by atomic mass is 10.3. The number of aromatic nitrogens is 2. The van der Waals surface area contributed by atoms with Crippen molar-refractivity contribution in [3.63, 3.8) is 0 Å². The number of nitro groups is 1. The molecule has 21 heavy (non-hydrogen) atoms. The van der Waals surface area contributed by atoms with Gasteiger partial charge in [0.05, 0.1) is 20.7 Å². The summed E-state index contributed by atoms with van der Waals surface area (Å²) in [6.45, 7) is 1.85. The van der Waals surface area contributed by atoms with Crippen molar-refractivity contribution >= 4 is 44.8 Å². The summed E-state index contributed by atoms with van der Waals surface area (Å²) in [7, 11) is 1.72. The largest absolute Gasteiger partial charge is 0.436 e. The van der Waals surface area contributed by atoms with Crippen molar-refractivity contribution in [2.75, 3.05) is 0 Å². The van der Waals surface area contributed by atoms with Gasteiger partial charge in [0.15, 0.2) is 5.75 Å². The average molecular weight is 395 g/mol. The number of halogens is 3. The van der Waals surface area contributed by atoms with Gasteiger partial charge in [0.25, 0.3) is 5.69 Å². The summed E-state index contributed by atoms with van der Waals surface area (Å²) in [6.07, 6.45) is 0. The molecule has 0 aliphatic heterocycles. The molecule has 2 rings (SSSR count). The van der Waals surface area contributed by atoms with Gasteiger partial charge in [0.2, 0.25) is 5.88 Å². The molecule has 0 saturated carbocycles. The van der Waals surface area contributed by atoms with Gasteiger partial charge in [-0.15, -0.1) is 0 Å². The van der Waals surface area contributed by atoms with Gasteiger partial charge in [-0.05, 0) is 6.92 Å². The van der Waals surface area contributed by atoms with Gasteiger partial charge in [-0.2, -0.15) is 5.10 Å². The first kappa shape index (κ1) is 16.1. The van der Waals surface area contributed by atoms with E-state index < -0.39 is 4.92 Å². The predicted molar refractivity (Wildman–Crippen MR) is 83.8 cm³/mol. The molecule has 6 nitrogen and oxygen atoms in total. The van der Waals surface area contributed by atoms with Crippen LogP contribution in [-0.4, -0.2) is 14.7 Å². The molecule has 0 saturated heterocycles. The van der Waals surface area contributed by atoms with Crippen LogP contribution in [0.15, 0.2) is 12.1 Å². The molecule has 0 aliphatic carbocycles. The van der Waals surface area contributed by atoms with E-state index >= 15 is 0 Å². The van der Waals surface area contributed by atoms with Crippen molar-refractivity contribution in [3.05, 3.63) is 43.5 Å². The van der Waals surface area contributed by atoms with Gasteiger partial charge in [-0.3, -0.25) is 10.1 Å². The molecule has 0 radical (unpaired) electrons. The van der Waals surface area contributed by atoms with Crippen LogP contribution in [0.5, 0.6) is 11.6 Å². The molecular weight excluding hydrogens is 385 g/mol. The van der Waals surface area contributed by atoms with Crippen LogP contribution >= 0.6 is 39.1 Å². The predicted octanol–water partition coefficient (Wildman–Crippen LogP) is 4.63. The number of aryl methyl sites for hydroxylation is 2. The van der Waals surface area contributed by atoms with E-state index in [1.807, 2.05) is 6.92 Å². The maximum Gasteiger partial charge on any atom is 0.272 e. The third-order valence-corrected chi connectivity index (χ3v) is 3.94. The maximum atomic E-state index is 10.8. The van der Waals surface area contributed by atoms with E-state index in [-0.39, 0.29) is 21.5 Å². The fraction of sp³-hybridized carbons (Fsp3) is 0.250. The van der Waals surface area contributed by atoms with E-state index in [0.717, 1.165) is 11.3 Å². The minimum atomic E-state index is -0.570. The molecule has 112 valence electrons. The third kappa shape index (κ3) is 3.14. The number of non-ortho nitro benzene ring substituents is 1. The van der Waals surface area contributed by atoms with Gasteiger partial charge < -0.3 is 4.74 Å². The van der Waals surface area contributed by atoms with Crippen LogP contribution in [0.4, 0.5) is 5.69 Å². The van der Waals surface area contributed by atoms with Crippen molar-refractivity contribution in [1.29, 1.82) is 0 Å². The Hall–Kier alpha value is -1.31. The van der Waals surface area contributed by atoms with Gasteiger partial charge in [0.1, 0.15) is 0 Å². The average Bonchev–Trinajstić information content (AvgIpc) is 2.67. The van der Waals surface area contributed by atoms with Gasteiger partial charge in [-0.25, -0.2) is 4.68 Å². The Morgan fingerprint density at radius 2 is 2.00 bits per heavy atom. The molecule has 1 heterocycles. The molecule has 0 aliphatic rings. The Bertz CT molecular complexity index is 695. The van der Waals surface area contributed by atoms with Crippen molar-refractivity contribution in [1.82, 2.24) is 9.78 Å². The fourth-order valence-corrected chi connectivity index (χ4v) is 3.01. The van der Waals surface area contributed by atoms with Crippen LogP contribution in [-0.2, 0) is 12.4 Å². The zero-order valence-electron chi connectivity index (χ0n) is 11.1. The summed E-state index contributed by atoms with van der Waals surface area (Å²) >= 11 is 15.4. The Balaban J connectivity index is 2.48. The van der Waals surface area contributed by atoms with Crippen LogP contribution in [0.3, 0.4) is 0 Å². The highest BCUT2D eigenvalue weighted by atomic mass is 79.9. The zero-order valence-corrected chi connectivity index (χ0v) is 14.2. The molecule has 0 bridgehead atoms. The van der Waals surface area contributed by atoms with E-state index in [1.165, 1.54) is 12.1 Å². The molecule has 0 amide bonds. The number of hydrogen-bond donors (Lipinski definition) is 0. The van der Waals surface area contributed by atoms with Crippen molar-refractivity contribution in [3.8, 4) is 11.6 Å². The lowest BCUT2D eigenvalue weighted by Gasteiger charge is -2.10. The molecule has 2 aromatic rings. The second-order valence-corrected chi connectivity index (χ2v) is 5.60. The molecule has 1 aromatic heterocycles. The van der Waals surface area contributed by atoms with Gasteiger partial charge in [0, 0.05) is 30.1 Å². The second-order valence-electron chi connectivity index (χ2n) is 4.22. The smallest absolute Gasteiger partial charge is 0.272 e. The Labute approximate surface area is 138 Å². The van der Waals surface area contributed by atoms with E-state index in [9.17, 15) is 10.1 Å². The summed E-state index contributed by atoms with van der Waals surface area (Å²) in [5.41, 5.74) is 1.46. The monoisotopic (exact) mass is 393 g/mol. The van der Waals surface area contributed by atoms with Crippen LogP contribution < -0.4 is 4.74 Å². The maximum absolute atomic E-state index is 10.8. The summed E-state index contributed by atoms with van der Waals surface area (Å²) in [5.74, 6) is 0.635. The second kappa shape index (κ2) is 6.21. The molecule has 0 fully saturated rings. The highest BCUT2D eigenvalue weighted by Crippen LogP contribution is 2.40. The van der Waals surface area contributed by atoms with Gasteiger partial charge >= 0.3 is 0 Å². The highest BCUT2D eigenvalue weighted by Gasteiger charge is 2.20. The topological polar surface area (TPSA) is 70.2 Å². The summed E-state index contributed by atoms with van der Waals surface area (Å²) in [5, 5.41) is 15.7. The first-order valence-corrected chi connectivity index (χ1v) is 7.62. The molecule has 0 spiro atoms. The van der Waals surface area contributed by atoms with E-state index in [0.29, 0.717) is 11.2 Å². The molecule has 9 heteroatoms. The summed E-state index contributed by atoms with van der Waals surface area (Å²) in [6, 6.07) is 2.39. The first-order chi connectivity index (χ1) is 9.85. The number of benzene rings is 1. The fourth-order valence-electron chi connectivity index (χ4n) is 1.81. The number of ether oxygens (including phenoxy) is 1. The number of rotatable bonds is 4. The van der Waals surface area contributed by atoms with Crippen LogP contribution in [0, 0.1) is 17.0 Å². The third-order valence-electron chi connectivity index (χ3n) is 2.82. The minimum absolute atomic E-state index is 0.0635. The van der Waals surface area contributed by atoms with Gasteiger partial charge in [-0.1, -0.05) is 39.1 Å². The molecule has 1 aromatic carbocycles. The lowest BCUT2D eigenvalue weighted by molar-refractivity contribution is -0.384. The summed E-state index contributed by atoms with van der Waals surface area (Å²) < 4.78 is 7.29. The number of alkyl halides is 1. The van der Waals surface area contributed by atoms with Crippen molar-refractivity contribution in [2.24, 2.45) is 7.05 Å². The van der Waals surface area contributed by atoms with E-state index in [2.05, 4.69) is 21.0 Å². The van der Waals surface area contributed by atoms with Crippen molar-refractivity contribution < 1.29 is 9.66 Å². The molecule has 0 N–H and O–H groups in total. The van der Waals surface area contributed by atoms with E-state index in [1.54, 1.807) is 11.7 Å². The Morgan fingerprint density at radius 1 is 1.43 bits per heavy atom. The molecule has 0 atom stereocenters. The van der Waals surface area contributed by atoms with Crippen molar-refractivity contribution in [2.45, 2.75) is 12.3 Å². The number of nitrogens with zero attached hydrogens (tertiary/aromatic N) is 3. The van der Waals surface area contributed by atoms with Crippen LogP contribution in [0.25, 0.3) is 0 Å². The lowest BCUT2D eigenvalue weighted by Crippen LogP contribution is -1.98. The Morgan fingerprint density at radius 3 is 2.48 bits per heavy atom. The zero-order chi connectivity index (χ0) is 15.7. The van der Waals surface area contributed by atoms with Crippen LogP contribution in [0.2, 0.25) is 10.0 Å². The molecule has 0 unspecified atom stereocenters. The van der Waals surface area contributed by atoms with Crippen LogP contribution in [0.1, 0.15) is 11.3 Å². The summed E-state index contributed by atoms with van der Waals surface area (Å²) in [4.78, 5) is 10.2. The highest BCUT2D eigenvalue weighted by molar-refractivity contribution is 9.08. The Kier molecular flexibility index (Phi) is 4.75. The molecular formula is C12H10BrCl2N3O3. The standard InChI is InChI=1S/C12H10BrCl2N3O3/c1-6-8(5-13)12(17(2)16-6)21-11-9(14)3-7(18(19)20)4-10(11)15/h3-4H,5H2,1-2H3. The SMILES string of the molecule is Cc1nn(C)c(Oc2c(Cl)cc([N+](=O)[O-])cc2Cl)c1CBr. The quantitative estimate of drug-likeness (QED) is 0.430. The normalized spacial score (nSPS) is 10.7. The number of nitro benzene ring substituents is 1. The van der Waals surface area contributed by atoms with E-state index in [4.69, 9.17) is 27.9 Å². The number of hydrogen-bond acceptors (Lipinski definition) is 4. The first-order valence-electron chi connectivity index (χ1n) is 5.74.